The van der Waals surface area contributed by atoms with Gasteiger partial charge in [-0.25, -0.2) is 9.78 Å². The van der Waals surface area contributed by atoms with Crippen LogP contribution in [-0.4, -0.2) is 35.1 Å². The third-order valence-electron chi connectivity index (χ3n) is 4.97. The molecule has 0 saturated carbocycles. The molecule has 0 atom stereocenters. The van der Waals surface area contributed by atoms with Gasteiger partial charge in [0.25, 0.3) is 5.56 Å². The Kier molecular flexibility index (Phi) is 6.50. The Morgan fingerprint density at radius 2 is 1.88 bits per heavy atom. The number of hydrogen-bond donors (Lipinski definition) is 1. The Hall–Kier alpha value is -3.98. The maximum Gasteiger partial charge on any atom is 0.340 e. The number of fused-ring (bicyclic) bond motifs is 1. The van der Waals surface area contributed by atoms with Crippen LogP contribution < -0.4 is 15.6 Å². The van der Waals surface area contributed by atoms with E-state index in [2.05, 4.69) is 10.3 Å². The van der Waals surface area contributed by atoms with Crippen LogP contribution in [-0.2, 0) is 16.1 Å². The fourth-order valence-corrected chi connectivity index (χ4v) is 4.29. The average Bonchev–Trinajstić information content (AvgIpc) is 3.26. The predicted octanol–water partition coefficient (Wildman–Crippen LogP) is 3.95. The molecule has 0 bridgehead atoms. The number of para-hydroxylation sites is 1. The number of benzene rings is 2. The summed E-state index contributed by atoms with van der Waals surface area (Å²) in [7, 11) is 1.59. The molecule has 8 nitrogen and oxygen atoms in total. The lowest BCUT2D eigenvalue weighted by Gasteiger charge is -2.11. The summed E-state index contributed by atoms with van der Waals surface area (Å²) in [5.41, 5.74) is 1.84. The van der Waals surface area contributed by atoms with Crippen molar-refractivity contribution >= 4 is 39.1 Å². The molecule has 0 aliphatic rings. The number of nitrogens with one attached hydrogen (secondary N) is 1. The number of carbonyl (C=O) groups excluding carboxylic acids is 2. The largest absolute Gasteiger partial charge is 0.497 e. The number of ether oxygens (including phenoxy) is 2. The van der Waals surface area contributed by atoms with Crippen LogP contribution in [0.25, 0.3) is 21.3 Å². The molecule has 168 valence electrons. The highest BCUT2D eigenvalue weighted by molar-refractivity contribution is 7.17. The summed E-state index contributed by atoms with van der Waals surface area (Å²) >= 11 is 1.37. The molecular weight excluding hydrogens is 442 g/mol. The lowest BCUT2D eigenvalue weighted by molar-refractivity contribution is -0.116. The summed E-state index contributed by atoms with van der Waals surface area (Å²) in [4.78, 5) is 43.0. The first-order chi connectivity index (χ1) is 16.0. The van der Waals surface area contributed by atoms with Gasteiger partial charge < -0.3 is 14.8 Å². The average molecular weight is 464 g/mol. The van der Waals surface area contributed by atoms with E-state index in [1.807, 2.05) is 29.6 Å². The molecule has 1 N–H and O–H groups in total. The number of hydrogen-bond acceptors (Lipinski definition) is 7. The van der Waals surface area contributed by atoms with Crippen LogP contribution >= 0.6 is 11.3 Å². The van der Waals surface area contributed by atoms with Crippen molar-refractivity contribution in [3.05, 3.63) is 76.2 Å². The van der Waals surface area contributed by atoms with Crippen LogP contribution in [0.3, 0.4) is 0 Å². The zero-order chi connectivity index (χ0) is 23.4. The standard InChI is InChI=1S/C24H21N3O5S/c1-3-32-24(30)17-6-4-5-7-19(17)26-20(28)12-27-14-25-22-21(23(27)29)18(13-33-22)15-8-10-16(31-2)11-9-15/h4-11,13-14H,3,12H2,1-2H3,(H,26,28). The van der Waals surface area contributed by atoms with Gasteiger partial charge in [-0.05, 0) is 36.8 Å². The van der Waals surface area contributed by atoms with E-state index in [0.717, 1.165) is 11.1 Å². The van der Waals surface area contributed by atoms with E-state index >= 15 is 0 Å². The zero-order valence-electron chi connectivity index (χ0n) is 18.0. The van der Waals surface area contributed by atoms with Gasteiger partial charge in [0.1, 0.15) is 17.1 Å². The third-order valence-corrected chi connectivity index (χ3v) is 5.86. The van der Waals surface area contributed by atoms with Crippen molar-refractivity contribution in [2.75, 3.05) is 19.0 Å². The first kappa shape index (κ1) is 22.2. The summed E-state index contributed by atoms with van der Waals surface area (Å²) in [5, 5.41) is 5.02. The Balaban J connectivity index is 1.61. The highest BCUT2D eigenvalue weighted by Gasteiger charge is 2.17. The number of methoxy groups -OCH3 is 1. The minimum atomic E-state index is -0.531. The van der Waals surface area contributed by atoms with E-state index < -0.39 is 11.9 Å². The zero-order valence-corrected chi connectivity index (χ0v) is 18.8. The fourth-order valence-electron chi connectivity index (χ4n) is 3.39. The molecule has 4 rings (SSSR count). The molecule has 1 amide bonds. The van der Waals surface area contributed by atoms with Crippen LogP contribution in [0.5, 0.6) is 5.75 Å². The van der Waals surface area contributed by atoms with Crippen LogP contribution in [0.2, 0.25) is 0 Å². The second-order valence-electron chi connectivity index (χ2n) is 7.05. The molecule has 0 saturated heterocycles. The van der Waals surface area contributed by atoms with Gasteiger partial charge in [-0.1, -0.05) is 24.3 Å². The minimum Gasteiger partial charge on any atom is -0.497 e. The van der Waals surface area contributed by atoms with Crippen molar-refractivity contribution in [1.82, 2.24) is 9.55 Å². The second kappa shape index (κ2) is 9.66. The lowest BCUT2D eigenvalue weighted by atomic mass is 10.1. The molecule has 0 spiro atoms. The van der Waals surface area contributed by atoms with Crippen LogP contribution in [0.15, 0.2) is 65.0 Å². The molecule has 0 fully saturated rings. The third kappa shape index (κ3) is 4.63. The first-order valence-corrected chi connectivity index (χ1v) is 11.1. The van der Waals surface area contributed by atoms with E-state index in [1.54, 1.807) is 38.3 Å². The Labute approximate surface area is 193 Å². The molecule has 33 heavy (non-hydrogen) atoms. The molecule has 9 heteroatoms. The molecule has 0 radical (unpaired) electrons. The molecule has 0 aliphatic heterocycles. The topological polar surface area (TPSA) is 99.5 Å². The SMILES string of the molecule is CCOC(=O)c1ccccc1NC(=O)Cn1cnc2scc(-c3ccc(OC)cc3)c2c1=O. The van der Waals surface area contributed by atoms with Crippen molar-refractivity contribution in [1.29, 1.82) is 0 Å². The van der Waals surface area contributed by atoms with E-state index in [9.17, 15) is 14.4 Å². The Morgan fingerprint density at radius 3 is 2.61 bits per heavy atom. The maximum atomic E-state index is 13.2. The van der Waals surface area contributed by atoms with E-state index in [-0.39, 0.29) is 24.3 Å². The smallest absolute Gasteiger partial charge is 0.340 e. The Bertz CT molecular complexity index is 1380. The number of thiophene rings is 1. The van der Waals surface area contributed by atoms with Gasteiger partial charge >= 0.3 is 5.97 Å². The normalized spacial score (nSPS) is 10.7. The Morgan fingerprint density at radius 1 is 1.12 bits per heavy atom. The van der Waals surface area contributed by atoms with Crippen LogP contribution in [0.4, 0.5) is 5.69 Å². The molecule has 0 aliphatic carbocycles. The first-order valence-electron chi connectivity index (χ1n) is 10.2. The van der Waals surface area contributed by atoms with Crippen molar-refractivity contribution < 1.29 is 19.1 Å². The fraction of sp³-hybridized carbons (Fsp3) is 0.167. The van der Waals surface area contributed by atoms with Gasteiger partial charge in [-0.15, -0.1) is 11.3 Å². The van der Waals surface area contributed by atoms with E-state index in [0.29, 0.717) is 21.7 Å². The summed E-state index contributed by atoms with van der Waals surface area (Å²) in [6.07, 6.45) is 1.36. The molecule has 0 unspecified atom stereocenters. The number of esters is 1. The molecule has 4 aromatic rings. The number of amides is 1. The van der Waals surface area contributed by atoms with Gasteiger partial charge in [0.15, 0.2) is 0 Å². The van der Waals surface area contributed by atoms with Gasteiger partial charge in [0, 0.05) is 10.9 Å². The monoisotopic (exact) mass is 463 g/mol. The second-order valence-corrected chi connectivity index (χ2v) is 7.91. The van der Waals surface area contributed by atoms with E-state index in [1.165, 1.54) is 22.2 Å². The summed E-state index contributed by atoms with van der Waals surface area (Å²) in [6, 6.07) is 13.9. The van der Waals surface area contributed by atoms with E-state index in [4.69, 9.17) is 9.47 Å². The number of anilines is 1. The van der Waals surface area contributed by atoms with Crippen molar-refractivity contribution in [3.8, 4) is 16.9 Å². The molecule has 2 aromatic heterocycles. The lowest BCUT2D eigenvalue weighted by Crippen LogP contribution is -2.28. The number of carbonyl (C=O) groups is 2. The quantitative estimate of drug-likeness (QED) is 0.417. The van der Waals surface area contributed by atoms with Crippen molar-refractivity contribution in [3.63, 3.8) is 0 Å². The van der Waals surface area contributed by atoms with Gasteiger partial charge in [-0.2, -0.15) is 0 Å². The summed E-state index contributed by atoms with van der Waals surface area (Å²) in [5.74, 6) is -0.277. The van der Waals surface area contributed by atoms with Crippen LogP contribution in [0.1, 0.15) is 17.3 Å². The van der Waals surface area contributed by atoms with Gasteiger partial charge in [-0.3, -0.25) is 14.2 Å². The molecule has 2 aromatic carbocycles. The summed E-state index contributed by atoms with van der Waals surface area (Å²) in [6.45, 7) is 1.68. The number of aromatic nitrogens is 2. The summed E-state index contributed by atoms with van der Waals surface area (Å²) < 4.78 is 11.5. The van der Waals surface area contributed by atoms with Crippen molar-refractivity contribution in [2.45, 2.75) is 13.5 Å². The highest BCUT2D eigenvalue weighted by atomic mass is 32.1. The highest BCUT2D eigenvalue weighted by Crippen LogP contribution is 2.31. The molecular formula is C24H21N3O5S. The van der Waals surface area contributed by atoms with Gasteiger partial charge in [0.2, 0.25) is 5.91 Å². The molecule has 2 heterocycles. The predicted molar refractivity (Wildman–Crippen MR) is 127 cm³/mol. The maximum absolute atomic E-state index is 13.2. The minimum absolute atomic E-state index is 0.222. The van der Waals surface area contributed by atoms with Crippen molar-refractivity contribution in [2.24, 2.45) is 0 Å². The number of rotatable bonds is 7. The number of nitrogens with zero attached hydrogens (tertiary/aromatic N) is 2. The van der Waals surface area contributed by atoms with Crippen LogP contribution in [0, 0.1) is 0 Å². The van der Waals surface area contributed by atoms with Gasteiger partial charge in [0.05, 0.1) is 36.7 Å².